The Kier molecular flexibility index (Phi) is 5.35. The summed E-state index contributed by atoms with van der Waals surface area (Å²) < 4.78 is 5.12. The smallest absolute Gasteiger partial charge is 0.226 e. The molecule has 0 aliphatic carbocycles. The summed E-state index contributed by atoms with van der Waals surface area (Å²) >= 11 is 1.57. The van der Waals surface area contributed by atoms with Gasteiger partial charge < -0.3 is 9.42 Å². The Morgan fingerprint density at radius 1 is 1.35 bits per heavy atom. The molecular formula is C15H21N5O2S. The van der Waals surface area contributed by atoms with Gasteiger partial charge in [0, 0.05) is 44.4 Å². The standard InChI is InChI=1S/C15H21N5O2S/c1-2-14-17-13(18-22-14)9-19-5-7-20(8-6-19)15(21)4-3-12-10-23-11-16-12/h10-11H,2-9H2,1H3. The number of thiazole rings is 1. The number of carbonyl (C=O) groups is 1. The lowest BCUT2D eigenvalue weighted by atomic mass is 10.2. The molecule has 7 nitrogen and oxygen atoms in total. The molecule has 0 N–H and O–H groups in total. The van der Waals surface area contributed by atoms with Crippen LogP contribution in [-0.2, 0) is 24.2 Å². The minimum absolute atomic E-state index is 0.213. The summed E-state index contributed by atoms with van der Waals surface area (Å²) in [5, 5.41) is 5.98. The molecule has 0 atom stereocenters. The molecule has 1 saturated heterocycles. The second kappa shape index (κ2) is 7.65. The van der Waals surface area contributed by atoms with Crippen molar-refractivity contribution in [3.05, 3.63) is 28.3 Å². The van der Waals surface area contributed by atoms with Crippen LogP contribution in [0.1, 0.15) is 30.8 Å². The van der Waals surface area contributed by atoms with E-state index in [-0.39, 0.29) is 5.91 Å². The molecule has 3 heterocycles. The average molecular weight is 335 g/mol. The van der Waals surface area contributed by atoms with Gasteiger partial charge >= 0.3 is 0 Å². The summed E-state index contributed by atoms with van der Waals surface area (Å²) in [6.07, 6.45) is 2.02. The molecule has 1 aliphatic rings. The van der Waals surface area contributed by atoms with Gasteiger partial charge in [0.25, 0.3) is 0 Å². The first-order chi connectivity index (χ1) is 11.2. The fourth-order valence-electron chi connectivity index (χ4n) is 2.61. The maximum atomic E-state index is 12.2. The number of rotatable bonds is 6. The van der Waals surface area contributed by atoms with E-state index in [9.17, 15) is 4.79 Å². The molecule has 1 amide bonds. The molecule has 3 rings (SSSR count). The van der Waals surface area contributed by atoms with Gasteiger partial charge in [-0.2, -0.15) is 4.98 Å². The van der Waals surface area contributed by atoms with Gasteiger partial charge in [-0.05, 0) is 6.42 Å². The first kappa shape index (κ1) is 16.1. The van der Waals surface area contributed by atoms with E-state index in [0.717, 1.165) is 50.5 Å². The van der Waals surface area contributed by atoms with Crippen molar-refractivity contribution in [2.75, 3.05) is 26.2 Å². The predicted octanol–water partition coefficient (Wildman–Crippen LogP) is 1.37. The highest BCUT2D eigenvalue weighted by Gasteiger charge is 2.22. The van der Waals surface area contributed by atoms with Crippen molar-refractivity contribution in [2.45, 2.75) is 32.7 Å². The summed E-state index contributed by atoms with van der Waals surface area (Å²) in [5.74, 6) is 1.62. The Morgan fingerprint density at radius 2 is 2.17 bits per heavy atom. The van der Waals surface area contributed by atoms with E-state index in [0.29, 0.717) is 18.9 Å². The fourth-order valence-corrected chi connectivity index (χ4v) is 3.20. The summed E-state index contributed by atoms with van der Waals surface area (Å²) in [4.78, 5) is 25.0. The van der Waals surface area contributed by atoms with Crippen molar-refractivity contribution in [3.8, 4) is 0 Å². The third-order valence-electron chi connectivity index (χ3n) is 3.98. The molecule has 0 saturated carbocycles. The Labute approximate surface area is 139 Å². The summed E-state index contributed by atoms with van der Waals surface area (Å²) in [7, 11) is 0. The number of amides is 1. The molecule has 124 valence electrons. The lowest BCUT2D eigenvalue weighted by molar-refractivity contribution is -0.133. The monoisotopic (exact) mass is 335 g/mol. The maximum absolute atomic E-state index is 12.2. The molecule has 0 aromatic carbocycles. The molecule has 1 fully saturated rings. The number of nitrogens with zero attached hydrogens (tertiary/aromatic N) is 5. The Bertz CT molecular complexity index is 620. The highest BCUT2D eigenvalue weighted by molar-refractivity contribution is 7.07. The predicted molar refractivity (Wildman–Crippen MR) is 86.0 cm³/mol. The largest absolute Gasteiger partial charge is 0.340 e. The number of hydrogen-bond donors (Lipinski definition) is 0. The minimum atomic E-state index is 0.213. The highest BCUT2D eigenvalue weighted by atomic mass is 32.1. The molecule has 0 bridgehead atoms. The number of aromatic nitrogens is 3. The molecule has 2 aromatic rings. The zero-order chi connectivity index (χ0) is 16.1. The van der Waals surface area contributed by atoms with Gasteiger partial charge in [0.05, 0.1) is 17.7 Å². The molecule has 23 heavy (non-hydrogen) atoms. The van der Waals surface area contributed by atoms with Crippen LogP contribution in [0.25, 0.3) is 0 Å². The van der Waals surface area contributed by atoms with Gasteiger partial charge in [0.15, 0.2) is 5.82 Å². The second-order valence-corrected chi connectivity index (χ2v) is 6.31. The Hall–Kier alpha value is -1.80. The first-order valence-corrected chi connectivity index (χ1v) is 8.87. The van der Waals surface area contributed by atoms with Crippen LogP contribution in [0.4, 0.5) is 0 Å². The molecule has 1 aliphatic heterocycles. The maximum Gasteiger partial charge on any atom is 0.226 e. The van der Waals surface area contributed by atoms with Gasteiger partial charge in [-0.15, -0.1) is 11.3 Å². The van der Waals surface area contributed by atoms with Crippen LogP contribution in [0.2, 0.25) is 0 Å². The van der Waals surface area contributed by atoms with Crippen LogP contribution in [0.5, 0.6) is 0 Å². The second-order valence-electron chi connectivity index (χ2n) is 5.59. The topological polar surface area (TPSA) is 75.4 Å². The first-order valence-electron chi connectivity index (χ1n) is 7.93. The molecule has 2 aromatic heterocycles. The number of aryl methyl sites for hydroxylation is 2. The molecule has 0 unspecified atom stereocenters. The van der Waals surface area contributed by atoms with E-state index in [1.807, 2.05) is 17.2 Å². The molecule has 0 radical (unpaired) electrons. The summed E-state index contributed by atoms with van der Waals surface area (Å²) in [5.41, 5.74) is 2.81. The summed E-state index contributed by atoms with van der Waals surface area (Å²) in [6.45, 7) is 5.89. The van der Waals surface area contributed by atoms with Gasteiger partial charge in [-0.1, -0.05) is 12.1 Å². The molecule has 8 heteroatoms. The van der Waals surface area contributed by atoms with Crippen molar-refractivity contribution in [3.63, 3.8) is 0 Å². The third-order valence-corrected chi connectivity index (χ3v) is 4.62. The average Bonchev–Trinajstić information content (AvgIpc) is 3.25. The van der Waals surface area contributed by atoms with E-state index in [4.69, 9.17) is 4.52 Å². The number of piperazine rings is 1. The van der Waals surface area contributed by atoms with Crippen LogP contribution >= 0.6 is 11.3 Å². The van der Waals surface area contributed by atoms with Gasteiger partial charge in [0.2, 0.25) is 11.8 Å². The van der Waals surface area contributed by atoms with E-state index < -0.39 is 0 Å². The zero-order valence-electron chi connectivity index (χ0n) is 13.3. The lowest BCUT2D eigenvalue weighted by Gasteiger charge is -2.34. The van der Waals surface area contributed by atoms with E-state index in [2.05, 4.69) is 20.0 Å². The quantitative estimate of drug-likeness (QED) is 0.793. The van der Waals surface area contributed by atoms with E-state index >= 15 is 0 Å². The van der Waals surface area contributed by atoms with E-state index in [1.54, 1.807) is 16.8 Å². The van der Waals surface area contributed by atoms with Crippen LogP contribution in [0.3, 0.4) is 0 Å². The highest BCUT2D eigenvalue weighted by Crippen LogP contribution is 2.10. The van der Waals surface area contributed by atoms with Crippen molar-refractivity contribution >= 4 is 17.2 Å². The van der Waals surface area contributed by atoms with Crippen molar-refractivity contribution in [2.24, 2.45) is 0 Å². The summed E-state index contributed by atoms with van der Waals surface area (Å²) in [6, 6.07) is 0. The van der Waals surface area contributed by atoms with Gasteiger partial charge in [-0.3, -0.25) is 9.69 Å². The molecular weight excluding hydrogens is 314 g/mol. The van der Waals surface area contributed by atoms with E-state index in [1.165, 1.54) is 0 Å². The fraction of sp³-hybridized carbons (Fsp3) is 0.600. The number of hydrogen-bond acceptors (Lipinski definition) is 7. The van der Waals surface area contributed by atoms with Crippen LogP contribution in [0.15, 0.2) is 15.4 Å². The number of carbonyl (C=O) groups excluding carboxylic acids is 1. The van der Waals surface area contributed by atoms with Gasteiger partial charge in [0.1, 0.15) is 0 Å². The zero-order valence-corrected chi connectivity index (χ0v) is 14.1. The molecule has 0 spiro atoms. The van der Waals surface area contributed by atoms with Crippen molar-refractivity contribution < 1.29 is 9.32 Å². The van der Waals surface area contributed by atoms with Crippen molar-refractivity contribution in [1.82, 2.24) is 24.9 Å². The minimum Gasteiger partial charge on any atom is -0.340 e. The Balaban J connectivity index is 1.41. The third kappa shape index (κ3) is 4.35. The lowest BCUT2D eigenvalue weighted by Crippen LogP contribution is -2.48. The van der Waals surface area contributed by atoms with Gasteiger partial charge in [-0.25, -0.2) is 4.98 Å². The van der Waals surface area contributed by atoms with Crippen LogP contribution in [0, 0.1) is 0 Å². The van der Waals surface area contributed by atoms with Crippen molar-refractivity contribution in [1.29, 1.82) is 0 Å². The Morgan fingerprint density at radius 3 is 2.83 bits per heavy atom. The normalized spacial score (nSPS) is 16.0. The SMILES string of the molecule is CCc1nc(CN2CCN(C(=O)CCc3cscn3)CC2)no1. The van der Waals surface area contributed by atoms with Crippen LogP contribution < -0.4 is 0 Å². The van der Waals surface area contributed by atoms with Crippen LogP contribution in [-0.4, -0.2) is 57.0 Å².